The van der Waals surface area contributed by atoms with Crippen LogP contribution < -0.4 is 0 Å². The highest BCUT2D eigenvalue weighted by Gasteiger charge is 2.18. The summed E-state index contributed by atoms with van der Waals surface area (Å²) in [6.45, 7) is 0. The van der Waals surface area contributed by atoms with E-state index in [1.54, 1.807) is 0 Å². The Hall–Kier alpha value is -9.64. The minimum absolute atomic E-state index is 0.932. The van der Waals surface area contributed by atoms with E-state index in [0.29, 0.717) is 0 Å². The molecule has 0 aliphatic rings. The largest absolute Gasteiger partial charge is 0.292 e. The number of aromatic nitrogens is 4. The molecule has 0 bridgehead atoms. The van der Waals surface area contributed by atoms with E-state index in [1.165, 1.54) is 65.7 Å². The van der Waals surface area contributed by atoms with Gasteiger partial charge in [-0.15, -0.1) is 0 Å². The molecular weight excluding hydrogens is 873 g/mol. The molecule has 0 amide bonds. The molecule has 336 valence electrons. The molecule has 0 fully saturated rings. The maximum atomic E-state index is 5.09. The maximum absolute atomic E-state index is 5.09. The second-order valence-electron chi connectivity index (χ2n) is 18.5. The monoisotopic (exact) mass is 916 g/mol. The van der Waals surface area contributed by atoms with E-state index in [9.17, 15) is 0 Å². The van der Waals surface area contributed by atoms with Gasteiger partial charge in [-0.3, -0.25) is 9.13 Å². The van der Waals surface area contributed by atoms with Crippen LogP contribution in [0.3, 0.4) is 0 Å². The first kappa shape index (κ1) is 41.3. The van der Waals surface area contributed by atoms with Gasteiger partial charge in [0.15, 0.2) is 0 Å². The minimum Gasteiger partial charge on any atom is -0.292 e. The van der Waals surface area contributed by atoms with Crippen molar-refractivity contribution in [3.8, 4) is 78.7 Å². The van der Waals surface area contributed by atoms with E-state index in [1.807, 2.05) is 12.1 Å². The summed E-state index contributed by atoms with van der Waals surface area (Å²) in [7, 11) is 0. The van der Waals surface area contributed by atoms with Crippen molar-refractivity contribution in [2.24, 2.45) is 0 Å². The van der Waals surface area contributed by atoms with Crippen LogP contribution in [-0.2, 0) is 0 Å². The molecule has 0 aliphatic heterocycles. The zero-order chi connectivity index (χ0) is 47.5. The average molecular weight is 917 g/mol. The molecule has 72 heavy (non-hydrogen) atoms. The maximum Gasteiger partial charge on any atom is 0.145 e. The van der Waals surface area contributed by atoms with Crippen molar-refractivity contribution in [3.63, 3.8) is 0 Å². The fourth-order valence-corrected chi connectivity index (χ4v) is 10.9. The van der Waals surface area contributed by atoms with Crippen molar-refractivity contribution >= 4 is 54.4 Å². The third kappa shape index (κ3) is 7.00. The van der Waals surface area contributed by atoms with Crippen LogP contribution in [0.15, 0.2) is 267 Å². The third-order valence-electron chi connectivity index (χ3n) is 14.4. The molecule has 0 radical (unpaired) electrons. The van der Waals surface area contributed by atoms with Crippen LogP contribution in [0.5, 0.6) is 0 Å². The van der Waals surface area contributed by atoms with E-state index in [2.05, 4.69) is 264 Å². The van der Waals surface area contributed by atoms with Crippen molar-refractivity contribution in [1.82, 2.24) is 19.1 Å². The van der Waals surface area contributed by atoms with Crippen molar-refractivity contribution in [3.05, 3.63) is 267 Å². The third-order valence-corrected chi connectivity index (χ3v) is 14.4. The Balaban J connectivity index is 0.781. The van der Waals surface area contributed by atoms with E-state index in [-0.39, 0.29) is 0 Å². The molecule has 14 aromatic rings. The number of fused-ring (bicyclic) bond motifs is 7. The SMILES string of the molecule is c1ccc(-n2c(-c3ccc(-c4ccc(-c5cc6c7ccccc7c(-c7ccc(-c8ccc(-c9nc%10ccccc%10n9-c9ccccc9)cc8)cc7)cc6c6ccccc56)cc4)cc3)nc3ccccc32)cc1. The summed E-state index contributed by atoms with van der Waals surface area (Å²) in [6, 6.07) is 96.0. The van der Waals surface area contributed by atoms with Crippen molar-refractivity contribution in [2.45, 2.75) is 0 Å². The van der Waals surface area contributed by atoms with Gasteiger partial charge in [0.1, 0.15) is 11.6 Å². The van der Waals surface area contributed by atoms with Gasteiger partial charge in [-0.25, -0.2) is 9.97 Å². The average Bonchev–Trinajstić information content (AvgIpc) is 4.05. The van der Waals surface area contributed by atoms with Gasteiger partial charge in [0.25, 0.3) is 0 Å². The molecule has 2 aromatic heterocycles. The molecule has 0 spiro atoms. The molecular formula is C68H44N4. The molecule has 14 rings (SSSR count). The molecule has 0 N–H and O–H groups in total. The quantitative estimate of drug-likeness (QED) is 0.142. The summed E-state index contributed by atoms with van der Waals surface area (Å²) in [5.41, 5.74) is 18.0. The molecule has 0 aliphatic carbocycles. The Kier molecular flexibility index (Phi) is 9.82. The van der Waals surface area contributed by atoms with E-state index >= 15 is 0 Å². The zero-order valence-corrected chi connectivity index (χ0v) is 39.2. The highest BCUT2D eigenvalue weighted by molar-refractivity contribution is 6.24. The Morgan fingerprint density at radius 3 is 0.889 bits per heavy atom. The molecule has 0 atom stereocenters. The van der Waals surface area contributed by atoms with Crippen LogP contribution in [0.1, 0.15) is 0 Å². The Labute approximate surface area is 417 Å². The predicted molar refractivity (Wildman–Crippen MR) is 301 cm³/mol. The van der Waals surface area contributed by atoms with Crippen LogP contribution in [0, 0.1) is 0 Å². The van der Waals surface area contributed by atoms with Gasteiger partial charge in [0, 0.05) is 22.5 Å². The molecule has 2 heterocycles. The van der Waals surface area contributed by atoms with Gasteiger partial charge in [0.05, 0.1) is 22.1 Å². The lowest BCUT2D eigenvalue weighted by molar-refractivity contribution is 1.10. The van der Waals surface area contributed by atoms with E-state index in [0.717, 1.165) is 67.3 Å². The number of para-hydroxylation sites is 6. The second-order valence-corrected chi connectivity index (χ2v) is 18.5. The van der Waals surface area contributed by atoms with Gasteiger partial charge < -0.3 is 0 Å². The lowest BCUT2D eigenvalue weighted by Crippen LogP contribution is -1.97. The number of hydrogen-bond acceptors (Lipinski definition) is 2. The topological polar surface area (TPSA) is 35.6 Å². The number of hydrogen-bond donors (Lipinski definition) is 0. The normalized spacial score (nSPS) is 11.6. The van der Waals surface area contributed by atoms with E-state index in [4.69, 9.17) is 9.97 Å². The van der Waals surface area contributed by atoms with Gasteiger partial charge >= 0.3 is 0 Å². The van der Waals surface area contributed by atoms with Crippen LogP contribution in [0.4, 0.5) is 0 Å². The fourth-order valence-electron chi connectivity index (χ4n) is 10.9. The summed E-state index contributed by atoms with van der Waals surface area (Å²) in [4.78, 5) is 10.2. The van der Waals surface area contributed by atoms with Gasteiger partial charge in [-0.05, 0) is 137 Å². The highest BCUT2D eigenvalue weighted by Crippen LogP contribution is 2.43. The van der Waals surface area contributed by atoms with Gasteiger partial charge in [-0.1, -0.05) is 206 Å². The summed E-state index contributed by atoms with van der Waals surface area (Å²) < 4.78 is 4.50. The second kappa shape index (κ2) is 17.1. The summed E-state index contributed by atoms with van der Waals surface area (Å²) in [6.07, 6.45) is 0. The Morgan fingerprint density at radius 1 is 0.222 bits per heavy atom. The molecule has 12 aromatic carbocycles. The first-order valence-corrected chi connectivity index (χ1v) is 24.6. The first-order chi connectivity index (χ1) is 35.7. The standard InChI is InChI=1S/C68H44N4/c1-3-15-53(16-4-1)71-65-25-13-11-23-63(65)69-67(71)51-39-31-47(32-40-51)45-27-35-49(36-28-45)59-43-61-58-22-10-8-20-56(58)60(44-62(61)57-21-9-7-19-55(57)59)50-37-29-46(30-38-50)48-33-41-52(42-34-48)68-70-64-24-12-14-26-66(64)72(68)54-17-5-2-6-18-54/h1-44H. The minimum atomic E-state index is 0.932. The molecule has 4 nitrogen and oxygen atoms in total. The number of benzene rings is 12. The van der Waals surface area contributed by atoms with Crippen molar-refractivity contribution < 1.29 is 0 Å². The lowest BCUT2D eigenvalue weighted by Gasteiger charge is -2.16. The van der Waals surface area contributed by atoms with Crippen LogP contribution in [-0.4, -0.2) is 19.1 Å². The first-order valence-electron chi connectivity index (χ1n) is 24.6. The van der Waals surface area contributed by atoms with Crippen LogP contribution in [0.25, 0.3) is 133 Å². The highest BCUT2D eigenvalue weighted by atomic mass is 15.1. The fraction of sp³-hybridized carbons (Fsp3) is 0. The smallest absolute Gasteiger partial charge is 0.145 e. The van der Waals surface area contributed by atoms with Crippen LogP contribution in [0.2, 0.25) is 0 Å². The van der Waals surface area contributed by atoms with E-state index < -0.39 is 0 Å². The number of nitrogens with zero attached hydrogens (tertiary/aromatic N) is 4. The molecule has 0 saturated carbocycles. The molecule has 0 unspecified atom stereocenters. The zero-order valence-electron chi connectivity index (χ0n) is 39.2. The number of rotatable bonds is 8. The summed E-state index contributed by atoms with van der Waals surface area (Å²) in [5, 5.41) is 7.47. The van der Waals surface area contributed by atoms with Gasteiger partial charge in [0.2, 0.25) is 0 Å². The number of imidazole rings is 2. The lowest BCUT2D eigenvalue weighted by atomic mass is 9.87. The summed E-state index contributed by atoms with van der Waals surface area (Å²) in [5.74, 6) is 1.86. The summed E-state index contributed by atoms with van der Waals surface area (Å²) >= 11 is 0. The molecule has 4 heteroatoms. The Bertz CT molecular complexity index is 4040. The van der Waals surface area contributed by atoms with Crippen molar-refractivity contribution in [1.29, 1.82) is 0 Å². The van der Waals surface area contributed by atoms with Gasteiger partial charge in [-0.2, -0.15) is 0 Å². The molecule has 0 saturated heterocycles. The predicted octanol–water partition coefficient (Wildman–Crippen LogP) is 17.8. The Morgan fingerprint density at radius 2 is 0.514 bits per heavy atom. The van der Waals surface area contributed by atoms with Crippen molar-refractivity contribution in [2.75, 3.05) is 0 Å². The van der Waals surface area contributed by atoms with Crippen LogP contribution >= 0.6 is 0 Å².